The molecule has 1 aliphatic heterocycles. The fourth-order valence-electron chi connectivity index (χ4n) is 1.88. The Kier molecular flexibility index (Phi) is 6.75. The molecule has 0 aliphatic carbocycles. The summed E-state index contributed by atoms with van der Waals surface area (Å²) in [6.07, 6.45) is 4.05. The molecule has 0 atom stereocenters. The second-order valence-corrected chi connectivity index (χ2v) is 3.99. The summed E-state index contributed by atoms with van der Waals surface area (Å²) in [5.41, 5.74) is 1.55. The molecule has 0 bridgehead atoms. The predicted molar refractivity (Wildman–Crippen MR) is 72.6 cm³/mol. The van der Waals surface area contributed by atoms with Crippen molar-refractivity contribution in [2.45, 2.75) is 19.8 Å². The molecule has 0 saturated carbocycles. The topological polar surface area (TPSA) is 19.4 Å². The lowest BCUT2D eigenvalue weighted by Gasteiger charge is -2.29. The molecule has 3 nitrogen and oxygen atoms in total. The van der Waals surface area contributed by atoms with E-state index in [-0.39, 0.29) is 30.8 Å². The molecule has 2 heterocycles. The van der Waals surface area contributed by atoms with E-state index in [9.17, 15) is 4.39 Å². The lowest BCUT2D eigenvalue weighted by atomic mass is 10.3. The van der Waals surface area contributed by atoms with Crippen molar-refractivity contribution in [2.24, 2.45) is 0 Å². The molecular weight excluding hydrogens is 264 g/mol. The fourth-order valence-corrected chi connectivity index (χ4v) is 1.88. The van der Waals surface area contributed by atoms with Crippen LogP contribution in [0.3, 0.4) is 0 Å². The van der Waals surface area contributed by atoms with Crippen LogP contribution in [0.5, 0.6) is 0 Å². The predicted octanol–water partition coefficient (Wildman–Crippen LogP) is 2.82. The quantitative estimate of drug-likeness (QED) is 0.778. The highest BCUT2D eigenvalue weighted by atomic mass is 35.5. The van der Waals surface area contributed by atoms with Crippen molar-refractivity contribution in [1.29, 1.82) is 0 Å². The number of nitrogens with zero attached hydrogens (tertiary/aromatic N) is 3. The third-order valence-corrected chi connectivity index (χ3v) is 2.88. The summed E-state index contributed by atoms with van der Waals surface area (Å²) in [5, 5.41) is 4.32. The summed E-state index contributed by atoms with van der Waals surface area (Å²) < 4.78 is 13.0. The van der Waals surface area contributed by atoms with E-state index in [4.69, 9.17) is 0 Å². The van der Waals surface area contributed by atoms with Crippen molar-refractivity contribution >= 4 is 30.5 Å². The van der Waals surface area contributed by atoms with Crippen LogP contribution in [-0.4, -0.2) is 30.1 Å². The van der Waals surface area contributed by atoms with Crippen molar-refractivity contribution in [2.75, 3.05) is 25.1 Å². The summed E-state index contributed by atoms with van der Waals surface area (Å²) in [4.78, 5) is 3.74. The minimum atomic E-state index is -0.381. The van der Waals surface area contributed by atoms with E-state index in [0.717, 1.165) is 18.8 Å². The van der Waals surface area contributed by atoms with Gasteiger partial charge in [-0.25, -0.2) is 9.99 Å². The molecule has 1 aromatic rings. The molecule has 1 saturated heterocycles. The Morgan fingerprint density at radius 2 is 1.88 bits per heavy atom. The van der Waals surface area contributed by atoms with Gasteiger partial charge in [0.05, 0.1) is 11.9 Å². The molecule has 0 spiro atoms. The number of hydrogen-bond donors (Lipinski definition) is 0. The number of pyridine rings is 1. The number of halogens is 3. The first-order valence-electron chi connectivity index (χ1n) is 5.29. The second-order valence-electron chi connectivity index (χ2n) is 3.99. The van der Waals surface area contributed by atoms with Gasteiger partial charge >= 0.3 is 0 Å². The molecule has 0 radical (unpaired) electrons. The van der Waals surface area contributed by atoms with Gasteiger partial charge in [-0.05, 0) is 25.8 Å². The summed E-state index contributed by atoms with van der Waals surface area (Å²) in [6, 6.07) is 1.83. The Hall–Kier alpha value is -0.580. The molecule has 1 aromatic heterocycles. The van der Waals surface area contributed by atoms with Crippen LogP contribution < -0.4 is 5.01 Å². The van der Waals surface area contributed by atoms with Gasteiger partial charge in [-0.3, -0.25) is 0 Å². The molecule has 98 valence electrons. The van der Waals surface area contributed by atoms with Crippen molar-refractivity contribution in [3.63, 3.8) is 0 Å². The zero-order chi connectivity index (χ0) is 10.8. The average molecular weight is 282 g/mol. The van der Waals surface area contributed by atoms with Crippen LogP contribution >= 0.6 is 24.8 Å². The zero-order valence-corrected chi connectivity index (χ0v) is 11.7. The highest BCUT2D eigenvalue weighted by Gasteiger charge is 2.17. The Bertz CT molecular complexity index is 357. The number of hydrazine groups is 1. The molecule has 0 amide bonds. The number of hydrogen-bond acceptors (Lipinski definition) is 3. The Morgan fingerprint density at radius 3 is 2.41 bits per heavy atom. The van der Waals surface area contributed by atoms with Crippen LogP contribution in [0.4, 0.5) is 10.1 Å². The Morgan fingerprint density at radius 1 is 1.29 bits per heavy atom. The van der Waals surface area contributed by atoms with E-state index < -0.39 is 0 Å². The van der Waals surface area contributed by atoms with Crippen molar-refractivity contribution in [3.05, 3.63) is 23.8 Å². The maximum Gasteiger partial charge on any atom is 0.215 e. The van der Waals surface area contributed by atoms with Gasteiger partial charge in [0.1, 0.15) is 0 Å². The molecule has 0 unspecified atom stereocenters. The fraction of sp³-hybridized carbons (Fsp3) is 0.545. The van der Waals surface area contributed by atoms with Gasteiger partial charge < -0.3 is 5.01 Å². The summed E-state index contributed by atoms with van der Waals surface area (Å²) in [7, 11) is 2.00. The number of rotatable bonds is 2. The molecule has 6 heteroatoms. The van der Waals surface area contributed by atoms with Crippen LogP contribution in [0.1, 0.15) is 18.4 Å². The molecule has 1 aliphatic rings. The maximum atomic E-state index is 13.0. The Balaban J connectivity index is 0.00000128. The lowest BCUT2D eigenvalue weighted by molar-refractivity contribution is 0.328. The highest BCUT2D eigenvalue weighted by Crippen LogP contribution is 2.19. The van der Waals surface area contributed by atoms with Crippen LogP contribution in [0.2, 0.25) is 0 Å². The van der Waals surface area contributed by atoms with Crippen LogP contribution in [0.25, 0.3) is 0 Å². The molecular formula is C11H18Cl2FN3. The summed E-state index contributed by atoms with van der Waals surface area (Å²) in [6.45, 7) is 3.89. The molecule has 17 heavy (non-hydrogen) atoms. The van der Waals surface area contributed by atoms with Crippen LogP contribution in [0, 0.1) is 12.9 Å². The number of aromatic nitrogens is 1. The number of aryl methyl sites for hydroxylation is 1. The van der Waals surface area contributed by atoms with Gasteiger partial charge in [-0.15, -0.1) is 24.8 Å². The number of anilines is 1. The monoisotopic (exact) mass is 281 g/mol. The standard InChI is InChI=1S/C11H16FN3.2ClH/c1-9-7-10(8-13-11(9)12)14(2)15-5-3-4-6-15;;/h7-8H,3-6H2,1-2H3;2*1H. The zero-order valence-electron chi connectivity index (χ0n) is 10.0. The summed E-state index contributed by atoms with van der Waals surface area (Å²) >= 11 is 0. The van der Waals surface area contributed by atoms with Crippen molar-refractivity contribution < 1.29 is 4.39 Å². The minimum Gasteiger partial charge on any atom is -0.307 e. The maximum absolute atomic E-state index is 13.0. The van der Waals surface area contributed by atoms with E-state index >= 15 is 0 Å². The van der Waals surface area contributed by atoms with Gasteiger partial charge in [0.15, 0.2) is 0 Å². The van der Waals surface area contributed by atoms with Crippen molar-refractivity contribution in [3.8, 4) is 0 Å². The van der Waals surface area contributed by atoms with E-state index in [1.807, 2.05) is 13.1 Å². The van der Waals surface area contributed by atoms with E-state index in [0.29, 0.717) is 5.56 Å². The largest absolute Gasteiger partial charge is 0.307 e. The van der Waals surface area contributed by atoms with E-state index in [1.54, 1.807) is 13.1 Å². The van der Waals surface area contributed by atoms with E-state index in [1.165, 1.54) is 12.8 Å². The van der Waals surface area contributed by atoms with Gasteiger partial charge in [-0.1, -0.05) is 0 Å². The van der Waals surface area contributed by atoms with Crippen LogP contribution in [0.15, 0.2) is 12.3 Å². The Labute approximate surface area is 114 Å². The minimum absolute atomic E-state index is 0. The van der Waals surface area contributed by atoms with Gasteiger partial charge in [0.2, 0.25) is 5.95 Å². The lowest BCUT2D eigenvalue weighted by Crippen LogP contribution is -2.37. The van der Waals surface area contributed by atoms with E-state index in [2.05, 4.69) is 15.0 Å². The molecule has 0 N–H and O–H groups in total. The normalized spacial score (nSPS) is 15.0. The van der Waals surface area contributed by atoms with Gasteiger partial charge in [0, 0.05) is 25.7 Å². The first kappa shape index (κ1) is 16.4. The van der Waals surface area contributed by atoms with Gasteiger partial charge in [0.25, 0.3) is 0 Å². The smallest absolute Gasteiger partial charge is 0.215 e. The third-order valence-electron chi connectivity index (χ3n) is 2.88. The molecule has 0 aromatic carbocycles. The van der Waals surface area contributed by atoms with Gasteiger partial charge in [-0.2, -0.15) is 4.39 Å². The first-order valence-corrected chi connectivity index (χ1v) is 5.29. The van der Waals surface area contributed by atoms with Crippen molar-refractivity contribution in [1.82, 2.24) is 9.99 Å². The second kappa shape index (κ2) is 6.99. The molecule has 2 rings (SSSR count). The highest BCUT2D eigenvalue weighted by molar-refractivity contribution is 5.85. The molecule has 1 fully saturated rings. The third kappa shape index (κ3) is 3.69. The van der Waals surface area contributed by atoms with Crippen LogP contribution in [-0.2, 0) is 0 Å². The summed E-state index contributed by atoms with van der Waals surface area (Å²) in [5.74, 6) is -0.381. The average Bonchev–Trinajstić information content (AvgIpc) is 2.74. The SMILES string of the molecule is Cc1cc(N(C)N2CCCC2)cnc1F.Cl.Cl. The first-order chi connectivity index (χ1) is 7.18.